The first kappa shape index (κ1) is 10.3. The lowest BCUT2D eigenvalue weighted by Crippen LogP contribution is -2.07. The molecule has 2 N–H and O–H groups in total. The smallest absolute Gasteiger partial charge is 0.410 e. The van der Waals surface area contributed by atoms with Crippen LogP contribution in [0.5, 0.6) is 0 Å². The summed E-state index contributed by atoms with van der Waals surface area (Å²) in [5.41, 5.74) is 0.568. The molecule has 0 saturated carbocycles. The lowest BCUT2D eigenvalue weighted by Gasteiger charge is -1.96. The zero-order valence-corrected chi connectivity index (χ0v) is 9.58. The van der Waals surface area contributed by atoms with Gasteiger partial charge in [-0.15, -0.1) is 0 Å². The van der Waals surface area contributed by atoms with E-state index in [1.54, 1.807) is 16.5 Å². The Kier molecular flexibility index (Phi) is 2.54. The molecule has 0 aliphatic rings. The molecule has 0 aliphatic heterocycles. The van der Waals surface area contributed by atoms with E-state index < -0.39 is 6.09 Å². The summed E-state index contributed by atoms with van der Waals surface area (Å²) in [6, 6.07) is 3.43. The maximum Gasteiger partial charge on any atom is 0.410 e. The van der Waals surface area contributed by atoms with Gasteiger partial charge in [-0.25, -0.2) is 9.78 Å². The Balaban J connectivity index is 2.55. The zero-order valence-electron chi connectivity index (χ0n) is 7.24. The normalized spacial score (nSPS) is 10.5. The van der Waals surface area contributed by atoms with Crippen molar-refractivity contribution in [2.75, 3.05) is 5.32 Å². The minimum Gasteiger partial charge on any atom is -0.465 e. The number of hydrogen-bond acceptors (Lipinski definition) is 2. The molecular formula is C8H5BrClN3O2. The highest BCUT2D eigenvalue weighted by Gasteiger charge is 2.07. The van der Waals surface area contributed by atoms with Crippen LogP contribution in [0.4, 0.5) is 10.6 Å². The Bertz CT molecular complexity index is 540. The van der Waals surface area contributed by atoms with Gasteiger partial charge >= 0.3 is 6.09 Å². The average Bonchev–Trinajstić information content (AvgIpc) is 2.45. The third-order valence-corrected chi connectivity index (χ3v) is 2.47. The molecule has 0 saturated heterocycles. The fourth-order valence-electron chi connectivity index (χ4n) is 1.19. The highest BCUT2D eigenvalue weighted by molar-refractivity contribution is 9.10. The number of carboxylic acid groups (broad SMARTS) is 1. The topological polar surface area (TPSA) is 66.6 Å². The highest BCUT2D eigenvalue weighted by Crippen LogP contribution is 2.21. The SMILES string of the molecule is O=C(O)Nc1cn2c(Cl)cc(Br)cc2n1. The maximum atomic E-state index is 10.4. The number of hydrogen-bond donors (Lipinski definition) is 2. The van der Waals surface area contributed by atoms with Crippen molar-refractivity contribution >= 4 is 45.1 Å². The van der Waals surface area contributed by atoms with Crippen molar-refractivity contribution in [2.24, 2.45) is 0 Å². The molecule has 15 heavy (non-hydrogen) atoms. The van der Waals surface area contributed by atoms with Crippen molar-refractivity contribution in [2.45, 2.75) is 0 Å². The Morgan fingerprint density at radius 1 is 1.60 bits per heavy atom. The van der Waals surface area contributed by atoms with Gasteiger partial charge in [0.1, 0.15) is 10.8 Å². The molecule has 2 aromatic heterocycles. The molecule has 0 radical (unpaired) electrons. The number of halogens is 2. The van der Waals surface area contributed by atoms with Gasteiger partial charge in [0, 0.05) is 4.47 Å². The quantitative estimate of drug-likeness (QED) is 0.794. The van der Waals surface area contributed by atoms with E-state index in [1.165, 1.54) is 6.20 Å². The van der Waals surface area contributed by atoms with Gasteiger partial charge in [0.05, 0.1) is 6.20 Å². The molecule has 0 aromatic carbocycles. The van der Waals surface area contributed by atoms with Crippen LogP contribution in [0.25, 0.3) is 5.65 Å². The third kappa shape index (κ3) is 2.05. The predicted octanol–water partition coefficient (Wildman–Crippen LogP) is 2.84. The van der Waals surface area contributed by atoms with Crippen molar-refractivity contribution in [3.8, 4) is 0 Å². The summed E-state index contributed by atoms with van der Waals surface area (Å²) in [6.45, 7) is 0. The first-order valence-electron chi connectivity index (χ1n) is 3.90. The van der Waals surface area contributed by atoms with Crippen LogP contribution >= 0.6 is 27.5 Å². The van der Waals surface area contributed by atoms with Gasteiger partial charge in [0.25, 0.3) is 0 Å². The van der Waals surface area contributed by atoms with Gasteiger partial charge in [-0.2, -0.15) is 0 Å². The molecule has 78 valence electrons. The fourth-order valence-corrected chi connectivity index (χ4v) is 1.99. The van der Waals surface area contributed by atoms with E-state index in [4.69, 9.17) is 16.7 Å². The summed E-state index contributed by atoms with van der Waals surface area (Å²) in [5.74, 6) is 0.238. The monoisotopic (exact) mass is 289 g/mol. The summed E-state index contributed by atoms with van der Waals surface area (Å²) in [5, 5.41) is 11.1. The predicted molar refractivity (Wildman–Crippen MR) is 59.5 cm³/mol. The Morgan fingerprint density at radius 2 is 2.33 bits per heavy atom. The molecule has 2 rings (SSSR count). The number of nitrogens with one attached hydrogen (secondary N) is 1. The number of imidazole rings is 1. The molecule has 5 nitrogen and oxygen atoms in total. The molecule has 2 heterocycles. The van der Waals surface area contributed by atoms with Crippen LogP contribution in [0.15, 0.2) is 22.8 Å². The van der Waals surface area contributed by atoms with E-state index in [1.807, 2.05) is 0 Å². The number of nitrogens with zero attached hydrogens (tertiary/aromatic N) is 2. The van der Waals surface area contributed by atoms with Crippen LogP contribution in [0, 0.1) is 0 Å². The fraction of sp³-hybridized carbons (Fsp3) is 0. The van der Waals surface area contributed by atoms with E-state index in [9.17, 15) is 4.79 Å². The lowest BCUT2D eigenvalue weighted by atomic mass is 10.5. The number of fused-ring (bicyclic) bond motifs is 1. The molecule has 0 fully saturated rings. The van der Waals surface area contributed by atoms with E-state index >= 15 is 0 Å². The van der Waals surface area contributed by atoms with E-state index in [-0.39, 0.29) is 5.82 Å². The molecule has 0 aliphatic carbocycles. The van der Waals surface area contributed by atoms with Crippen molar-refractivity contribution in [1.29, 1.82) is 0 Å². The minimum absolute atomic E-state index is 0.238. The third-order valence-electron chi connectivity index (χ3n) is 1.72. The van der Waals surface area contributed by atoms with E-state index in [2.05, 4.69) is 26.2 Å². The van der Waals surface area contributed by atoms with Gasteiger partial charge in [0.15, 0.2) is 5.82 Å². The number of carbonyl (C=O) groups is 1. The second-order valence-corrected chi connectivity index (χ2v) is 4.08. The second-order valence-electron chi connectivity index (χ2n) is 2.78. The summed E-state index contributed by atoms with van der Waals surface area (Å²) < 4.78 is 2.37. The zero-order chi connectivity index (χ0) is 11.0. The van der Waals surface area contributed by atoms with Gasteiger partial charge in [-0.3, -0.25) is 9.72 Å². The van der Waals surface area contributed by atoms with Crippen molar-refractivity contribution in [1.82, 2.24) is 9.38 Å². The van der Waals surface area contributed by atoms with E-state index in [0.717, 1.165) is 4.47 Å². The van der Waals surface area contributed by atoms with E-state index in [0.29, 0.717) is 10.8 Å². The standard InChI is InChI=1S/C8H5BrClN3O2/c9-4-1-5(10)13-3-6(12-8(14)15)11-7(13)2-4/h1-3,12H,(H,14,15). The summed E-state index contributed by atoms with van der Waals surface area (Å²) in [4.78, 5) is 14.4. The van der Waals surface area contributed by atoms with Gasteiger partial charge in [-0.05, 0) is 12.1 Å². The largest absolute Gasteiger partial charge is 0.465 e. The number of aromatic nitrogens is 2. The van der Waals surface area contributed by atoms with Gasteiger partial charge in [-0.1, -0.05) is 27.5 Å². The Labute approximate surface area is 97.8 Å². The van der Waals surface area contributed by atoms with Gasteiger partial charge in [0.2, 0.25) is 0 Å². The van der Waals surface area contributed by atoms with Crippen molar-refractivity contribution in [3.63, 3.8) is 0 Å². The van der Waals surface area contributed by atoms with Gasteiger partial charge < -0.3 is 5.11 Å². The number of amides is 1. The van der Waals surface area contributed by atoms with Crippen LogP contribution in [0.1, 0.15) is 0 Å². The summed E-state index contributed by atoms with van der Waals surface area (Å²) in [6.07, 6.45) is 0.353. The molecule has 0 unspecified atom stereocenters. The maximum absolute atomic E-state index is 10.4. The highest BCUT2D eigenvalue weighted by atomic mass is 79.9. The second kappa shape index (κ2) is 3.71. The molecular weight excluding hydrogens is 285 g/mol. The Hall–Kier alpha value is -1.27. The molecule has 1 amide bonds. The molecule has 0 spiro atoms. The van der Waals surface area contributed by atoms with Crippen molar-refractivity contribution in [3.05, 3.63) is 28.0 Å². The van der Waals surface area contributed by atoms with Crippen LogP contribution in [-0.4, -0.2) is 20.6 Å². The van der Waals surface area contributed by atoms with Crippen LogP contribution in [0.2, 0.25) is 5.15 Å². The lowest BCUT2D eigenvalue weighted by molar-refractivity contribution is 0.209. The van der Waals surface area contributed by atoms with Crippen LogP contribution < -0.4 is 5.32 Å². The molecule has 0 atom stereocenters. The summed E-state index contributed by atoms with van der Waals surface area (Å²) >= 11 is 9.20. The molecule has 0 bridgehead atoms. The minimum atomic E-state index is -1.16. The molecule has 7 heteroatoms. The van der Waals surface area contributed by atoms with Crippen molar-refractivity contribution < 1.29 is 9.90 Å². The summed E-state index contributed by atoms with van der Waals surface area (Å²) in [7, 11) is 0. The average molecular weight is 291 g/mol. The first-order chi connectivity index (χ1) is 7.06. The number of anilines is 1. The molecule has 2 aromatic rings. The van der Waals surface area contributed by atoms with Crippen LogP contribution in [0.3, 0.4) is 0 Å². The van der Waals surface area contributed by atoms with Crippen LogP contribution in [-0.2, 0) is 0 Å². The number of rotatable bonds is 1. The Morgan fingerprint density at radius 3 is 3.00 bits per heavy atom. The first-order valence-corrected chi connectivity index (χ1v) is 5.07. The number of pyridine rings is 1.